The van der Waals surface area contributed by atoms with Gasteiger partial charge in [-0.1, -0.05) is 18.2 Å². The predicted molar refractivity (Wildman–Crippen MR) is 79.2 cm³/mol. The number of rotatable bonds is 5. The highest BCUT2D eigenvalue weighted by Crippen LogP contribution is 2.27. The zero-order valence-corrected chi connectivity index (χ0v) is 11.9. The van der Waals surface area contributed by atoms with Gasteiger partial charge in [-0.05, 0) is 24.3 Å². The van der Waals surface area contributed by atoms with Crippen LogP contribution in [0.2, 0.25) is 0 Å². The van der Waals surface area contributed by atoms with Crippen LogP contribution in [0.1, 0.15) is 11.5 Å². The molecule has 0 spiro atoms. The topological polar surface area (TPSA) is 84.2 Å². The standard InChI is InChI=1S/C16H13N3O3/c1-18-15-13(9-17)19-16(22-15)14-8-7-12(21-14)10-20-11-5-3-2-4-6-11/h2-8,18H,10H2,1H3. The van der Waals surface area contributed by atoms with Crippen LogP contribution in [0.3, 0.4) is 0 Å². The van der Waals surface area contributed by atoms with Gasteiger partial charge in [-0.15, -0.1) is 0 Å². The van der Waals surface area contributed by atoms with Gasteiger partial charge in [0, 0.05) is 7.05 Å². The van der Waals surface area contributed by atoms with Crippen molar-refractivity contribution in [3.8, 4) is 23.5 Å². The molecule has 6 heteroatoms. The molecule has 2 aromatic heterocycles. The molecule has 0 amide bonds. The fourth-order valence-electron chi connectivity index (χ4n) is 1.91. The van der Waals surface area contributed by atoms with Crippen LogP contribution in [-0.2, 0) is 6.61 Å². The maximum absolute atomic E-state index is 8.96. The van der Waals surface area contributed by atoms with Gasteiger partial charge >= 0.3 is 0 Å². The van der Waals surface area contributed by atoms with E-state index in [9.17, 15) is 0 Å². The summed E-state index contributed by atoms with van der Waals surface area (Å²) >= 11 is 0. The molecule has 0 aliphatic rings. The predicted octanol–water partition coefficient (Wildman–Crippen LogP) is 3.43. The molecule has 0 saturated heterocycles. The summed E-state index contributed by atoms with van der Waals surface area (Å²) in [6.45, 7) is 0.300. The number of nitrogens with zero attached hydrogens (tertiary/aromatic N) is 2. The first kappa shape index (κ1) is 13.8. The average molecular weight is 295 g/mol. The number of nitriles is 1. The smallest absolute Gasteiger partial charge is 0.266 e. The molecule has 1 aromatic carbocycles. The van der Waals surface area contributed by atoms with Gasteiger partial charge in [0.2, 0.25) is 11.6 Å². The molecule has 0 bridgehead atoms. The lowest BCUT2D eigenvalue weighted by Crippen LogP contribution is -1.92. The summed E-state index contributed by atoms with van der Waals surface area (Å²) in [6, 6.07) is 14.9. The second-order valence-electron chi connectivity index (χ2n) is 4.43. The van der Waals surface area contributed by atoms with E-state index in [0.29, 0.717) is 24.0 Å². The summed E-state index contributed by atoms with van der Waals surface area (Å²) in [5, 5.41) is 11.7. The summed E-state index contributed by atoms with van der Waals surface area (Å²) in [5.41, 5.74) is 0.191. The Kier molecular flexibility index (Phi) is 3.79. The van der Waals surface area contributed by atoms with Gasteiger partial charge in [0.25, 0.3) is 5.89 Å². The Hall–Kier alpha value is -3.20. The zero-order chi connectivity index (χ0) is 15.4. The maximum atomic E-state index is 8.96. The van der Waals surface area contributed by atoms with E-state index in [1.165, 1.54) is 0 Å². The van der Waals surface area contributed by atoms with E-state index in [1.54, 1.807) is 19.2 Å². The minimum atomic E-state index is 0.191. The monoisotopic (exact) mass is 295 g/mol. The SMILES string of the molecule is CNc1oc(-c2ccc(COc3ccccc3)o2)nc1C#N. The highest BCUT2D eigenvalue weighted by atomic mass is 16.5. The Labute approximate surface area is 127 Å². The third-order valence-corrected chi connectivity index (χ3v) is 2.96. The molecule has 0 aliphatic heterocycles. The summed E-state index contributed by atoms with van der Waals surface area (Å²) in [4.78, 5) is 4.08. The number of ether oxygens (including phenoxy) is 1. The van der Waals surface area contributed by atoms with Crippen LogP contribution in [0, 0.1) is 11.3 Å². The Morgan fingerprint density at radius 1 is 1.18 bits per heavy atom. The largest absolute Gasteiger partial charge is 0.486 e. The summed E-state index contributed by atoms with van der Waals surface area (Å²) in [6.07, 6.45) is 0. The van der Waals surface area contributed by atoms with Gasteiger partial charge in [-0.25, -0.2) is 0 Å². The fraction of sp³-hybridized carbons (Fsp3) is 0.125. The molecule has 3 rings (SSSR count). The normalized spacial score (nSPS) is 10.2. The summed E-state index contributed by atoms with van der Waals surface area (Å²) in [7, 11) is 1.66. The van der Waals surface area contributed by atoms with Crippen LogP contribution in [0.5, 0.6) is 5.75 Å². The van der Waals surface area contributed by atoms with E-state index in [4.69, 9.17) is 18.8 Å². The lowest BCUT2D eigenvalue weighted by molar-refractivity contribution is 0.271. The minimum Gasteiger partial charge on any atom is -0.486 e. The van der Waals surface area contributed by atoms with Gasteiger partial charge in [0.1, 0.15) is 24.2 Å². The van der Waals surface area contributed by atoms with Crippen LogP contribution in [0.25, 0.3) is 11.7 Å². The van der Waals surface area contributed by atoms with Crippen molar-refractivity contribution in [2.24, 2.45) is 0 Å². The van der Waals surface area contributed by atoms with Crippen LogP contribution >= 0.6 is 0 Å². The molecule has 110 valence electrons. The molecule has 3 aromatic rings. The van der Waals surface area contributed by atoms with Crippen LogP contribution in [-0.4, -0.2) is 12.0 Å². The third-order valence-electron chi connectivity index (χ3n) is 2.96. The van der Waals surface area contributed by atoms with Gasteiger partial charge in [-0.2, -0.15) is 10.2 Å². The second kappa shape index (κ2) is 6.06. The number of aromatic nitrogens is 1. The minimum absolute atomic E-state index is 0.191. The molecule has 0 saturated carbocycles. The molecule has 22 heavy (non-hydrogen) atoms. The van der Waals surface area contributed by atoms with E-state index < -0.39 is 0 Å². The van der Waals surface area contributed by atoms with Crippen molar-refractivity contribution in [2.45, 2.75) is 6.61 Å². The lowest BCUT2D eigenvalue weighted by Gasteiger charge is -2.02. The summed E-state index contributed by atoms with van der Waals surface area (Å²) in [5.74, 6) is 2.43. The second-order valence-corrected chi connectivity index (χ2v) is 4.43. The Bertz CT molecular complexity index is 800. The molecule has 0 radical (unpaired) electrons. The molecule has 0 atom stereocenters. The quantitative estimate of drug-likeness (QED) is 0.776. The molecule has 0 aliphatic carbocycles. The molecular weight excluding hydrogens is 282 g/mol. The molecular formula is C16H13N3O3. The molecule has 6 nitrogen and oxygen atoms in total. The van der Waals surface area contributed by atoms with Crippen molar-refractivity contribution in [1.82, 2.24) is 4.98 Å². The first-order chi connectivity index (χ1) is 10.8. The van der Waals surface area contributed by atoms with Gasteiger partial charge in [0.05, 0.1) is 0 Å². The van der Waals surface area contributed by atoms with Crippen molar-refractivity contribution < 1.29 is 13.6 Å². The van der Waals surface area contributed by atoms with Crippen molar-refractivity contribution >= 4 is 5.88 Å². The van der Waals surface area contributed by atoms with Crippen LogP contribution in [0.4, 0.5) is 5.88 Å². The van der Waals surface area contributed by atoms with Crippen molar-refractivity contribution in [2.75, 3.05) is 12.4 Å². The highest BCUT2D eigenvalue weighted by Gasteiger charge is 2.16. The molecule has 0 unspecified atom stereocenters. The molecule has 1 N–H and O–H groups in total. The van der Waals surface area contributed by atoms with Crippen molar-refractivity contribution in [1.29, 1.82) is 5.26 Å². The number of nitrogens with one attached hydrogen (secondary N) is 1. The number of hydrogen-bond donors (Lipinski definition) is 1. The third kappa shape index (κ3) is 2.79. The number of para-hydroxylation sites is 1. The summed E-state index contributed by atoms with van der Waals surface area (Å²) < 4.78 is 16.7. The average Bonchev–Trinajstić information content (AvgIpc) is 3.20. The Morgan fingerprint density at radius 2 is 2.00 bits per heavy atom. The van der Waals surface area contributed by atoms with Gasteiger partial charge in [0.15, 0.2) is 5.76 Å². The molecule has 0 fully saturated rings. The van der Waals surface area contributed by atoms with Gasteiger partial charge in [-0.3, -0.25) is 0 Å². The highest BCUT2D eigenvalue weighted by molar-refractivity contribution is 5.54. The Balaban J connectivity index is 1.74. The maximum Gasteiger partial charge on any atom is 0.266 e. The van der Waals surface area contributed by atoms with E-state index >= 15 is 0 Å². The van der Waals surface area contributed by atoms with E-state index in [0.717, 1.165) is 5.75 Å². The first-order valence-electron chi connectivity index (χ1n) is 6.66. The van der Waals surface area contributed by atoms with E-state index in [1.807, 2.05) is 36.4 Å². The number of hydrogen-bond acceptors (Lipinski definition) is 6. The van der Waals surface area contributed by atoms with Crippen molar-refractivity contribution in [3.63, 3.8) is 0 Å². The number of anilines is 1. The Morgan fingerprint density at radius 3 is 2.68 bits per heavy atom. The lowest BCUT2D eigenvalue weighted by atomic mass is 10.3. The first-order valence-corrected chi connectivity index (χ1v) is 6.66. The van der Waals surface area contributed by atoms with Crippen molar-refractivity contribution in [3.05, 3.63) is 53.9 Å². The fourth-order valence-corrected chi connectivity index (χ4v) is 1.91. The van der Waals surface area contributed by atoms with Crippen LogP contribution in [0.15, 0.2) is 51.3 Å². The van der Waals surface area contributed by atoms with E-state index in [-0.39, 0.29) is 11.6 Å². The molecule has 2 heterocycles. The number of benzene rings is 1. The number of furan rings is 1. The number of oxazole rings is 1. The van der Waals surface area contributed by atoms with Gasteiger partial charge < -0.3 is 18.9 Å². The van der Waals surface area contributed by atoms with Crippen LogP contribution < -0.4 is 10.1 Å². The van der Waals surface area contributed by atoms with E-state index in [2.05, 4.69) is 10.3 Å². The zero-order valence-electron chi connectivity index (χ0n) is 11.9.